The summed E-state index contributed by atoms with van der Waals surface area (Å²) in [7, 11) is 2.29. The van der Waals surface area contributed by atoms with E-state index >= 15 is 0 Å². The van der Waals surface area contributed by atoms with Crippen LogP contribution >= 0.6 is 8.58 Å². The summed E-state index contributed by atoms with van der Waals surface area (Å²) in [5.74, 6) is -0.357. The van der Waals surface area contributed by atoms with Gasteiger partial charge in [-0.05, 0) is 26.1 Å². The number of ketones is 1. The highest BCUT2D eigenvalue weighted by Gasteiger charge is 2.24. The van der Waals surface area contributed by atoms with Crippen LogP contribution in [0.25, 0.3) is 0 Å². The number of amides is 1. The van der Waals surface area contributed by atoms with Crippen LogP contribution in [0.1, 0.15) is 48.0 Å². The van der Waals surface area contributed by atoms with E-state index in [9.17, 15) is 9.59 Å². The minimum absolute atomic E-state index is 0.000844. The molecule has 0 aliphatic heterocycles. The Balaban J connectivity index is 3.95. The fourth-order valence-corrected chi connectivity index (χ4v) is 3.08. The summed E-state index contributed by atoms with van der Waals surface area (Å²) in [6.45, 7) is 13.8. The predicted octanol–water partition coefficient (Wildman–Crippen LogP) is 2.16. The number of carbonyl (C=O) groups excluding carboxylic acids is 2. The zero-order valence-corrected chi connectivity index (χ0v) is 18.0. The number of hydrogen-bond acceptors (Lipinski definition) is 5. The third kappa shape index (κ3) is 13.3. The maximum atomic E-state index is 12.0. The Morgan fingerprint density at radius 1 is 1.04 bits per heavy atom. The topological polar surface area (TPSA) is 76.7 Å². The van der Waals surface area contributed by atoms with Crippen molar-refractivity contribution in [2.75, 3.05) is 39.5 Å². The first kappa shape index (κ1) is 24.5. The van der Waals surface area contributed by atoms with E-state index in [-0.39, 0.29) is 22.8 Å². The molecule has 0 saturated heterocycles. The lowest BCUT2D eigenvalue weighted by molar-refractivity contribution is -0.211. The molecule has 1 amide bonds. The first-order valence-electron chi connectivity index (χ1n) is 8.96. The van der Waals surface area contributed by atoms with Crippen molar-refractivity contribution in [1.82, 2.24) is 10.6 Å². The summed E-state index contributed by atoms with van der Waals surface area (Å²) in [5, 5.41) is 5.74. The van der Waals surface area contributed by atoms with Crippen molar-refractivity contribution < 1.29 is 19.1 Å². The third-order valence-corrected chi connectivity index (χ3v) is 5.30. The van der Waals surface area contributed by atoms with Crippen molar-refractivity contribution in [2.24, 2.45) is 5.92 Å². The summed E-state index contributed by atoms with van der Waals surface area (Å²) in [5.41, 5.74) is 0. The lowest BCUT2D eigenvalue weighted by Gasteiger charge is -2.26. The second kappa shape index (κ2) is 11.9. The van der Waals surface area contributed by atoms with Gasteiger partial charge < -0.3 is 20.1 Å². The molecule has 0 heterocycles. The fraction of sp³-hybridized carbons (Fsp3) is 0.889. The number of rotatable bonds is 14. The molecule has 25 heavy (non-hydrogen) atoms. The molecule has 0 aliphatic rings. The molecule has 2 N–H and O–H groups in total. The molecule has 0 bridgehead atoms. The molecule has 0 spiro atoms. The monoisotopic (exact) mass is 376 g/mol. The SMILES string of the molecule is CNCCOC(C)(C)OCCNC(=O)CPC(C)(C)CC(=O)C(C)C. The highest BCUT2D eigenvalue weighted by Crippen LogP contribution is 2.34. The third-order valence-electron chi connectivity index (χ3n) is 3.66. The normalized spacial score (nSPS) is 13.0. The van der Waals surface area contributed by atoms with Crippen molar-refractivity contribution in [2.45, 2.75) is 58.9 Å². The quantitative estimate of drug-likeness (QED) is 0.276. The van der Waals surface area contributed by atoms with Crippen LogP contribution in [0, 0.1) is 5.92 Å². The highest BCUT2D eigenvalue weighted by molar-refractivity contribution is 7.41. The van der Waals surface area contributed by atoms with Gasteiger partial charge in [-0.2, -0.15) is 0 Å². The van der Waals surface area contributed by atoms with Crippen molar-refractivity contribution >= 4 is 20.3 Å². The van der Waals surface area contributed by atoms with Gasteiger partial charge in [0, 0.05) is 31.6 Å². The zero-order chi connectivity index (χ0) is 19.5. The summed E-state index contributed by atoms with van der Waals surface area (Å²) in [6, 6.07) is 0. The second-order valence-corrected chi connectivity index (χ2v) is 9.65. The summed E-state index contributed by atoms with van der Waals surface area (Å²) >= 11 is 0. The average molecular weight is 376 g/mol. The van der Waals surface area contributed by atoms with E-state index in [1.807, 2.05) is 48.6 Å². The molecule has 0 aliphatic carbocycles. The molecule has 0 aromatic rings. The molecular formula is C18H37N2O4P. The van der Waals surface area contributed by atoms with E-state index in [1.54, 1.807) is 0 Å². The molecule has 7 heteroatoms. The van der Waals surface area contributed by atoms with Gasteiger partial charge in [0.25, 0.3) is 0 Å². The Morgan fingerprint density at radius 3 is 2.12 bits per heavy atom. The molecule has 0 radical (unpaired) electrons. The first-order chi connectivity index (χ1) is 11.5. The van der Waals surface area contributed by atoms with Gasteiger partial charge >= 0.3 is 0 Å². The van der Waals surface area contributed by atoms with Crippen LogP contribution in [0.2, 0.25) is 0 Å². The van der Waals surface area contributed by atoms with Gasteiger partial charge in [-0.3, -0.25) is 9.59 Å². The van der Waals surface area contributed by atoms with E-state index in [4.69, 9.17) is 9.47 Å². The first-order valence-corrected chi connectivity index (χ1v) is 10.2. The number of carbonyl (C=O) groups is 2. The van der Waals surface area contributed by atoms with E-state index in [0.717, 1.165) is 6.54 Å². The standard InChI is InChI=1S/C18H37N2O4P/c1-14(2)15(21)12-17(3,4)25-13-16(22)20-9-11-24-18(5,6)23-10-8-19-7/h14,19,25H,8-13H2,1-7H3,(H,20,22). The number of Topliss-reactive ketones (excluding diaryl/α,β-unsaturated/α-hetero) is 1. The average Bonchev–Trinajstić information content (AvgIpc) is 2.49. The number of nitrogens with one attached hydrogen (secondary N) is 2. The van der Waals surface area contributed by atoms with Gasteiger partial charge in [-0.25, -0.2) is 0 Å². The molecule has 6 nitrogen and oxygen atoms in total. The summed E-state index contributed by atoms with van der Waals surface area (Å²) < 4.78 is 11.2. The molecular weight excluding hydrogens is 339 g/mol. The number of ether oxygens (including phenoxy) is 2. The van der Waals surface area contributed by atoms with Crippen LogP contribution in [0.3, 0.4) is 0 Å². The number of likely N-dealkylation sites (N-methyl/N-ethyl adjacent to an activating group) is 1. The van der Waals surface area contributed by atoms with Gasteiger partial charge in [0.1, 0.15) is 5.78 Å². The molecule has 0 fully saturated rings. The zero-order valence-electron chi connectivity index (χ0n) is 17.0. The van der Waals surface area contributed by atoms with Gasteiger partial charge in [-0.1, -0.05) is 27.7 Å². The Bertz CT molecular complexity index is 412. The smallest absolute Gasteiger partial charge is 0.224 e. The molecule has 148 valence electrons. The Hall–Kier alpha value is -0.550. The van der Waals surface area contributed by atoms with Crippen molar-refractivity contribution in [1.29, 1.82) is 0 Å². The van der Waals surface area contributed by atoms with Crippen molar-refractivity contribution in [3.05, 3.63) is 0 Å². The lowest BCUT2D eigenvalue weighted by atomic mass is 9.99. The van der Waals surface area contributed by atoms with Gasteiger partial charge in [0.2, 0.25) is 5.91 Å². The molecule has 1 unspecified atom stereocenters. The van der Waals surface area contributed by atoms with Crippen LogP contribution in [-0.4, -0.2) is 62.1 Å². The van der Waals surface area contributed by atoms with E-state index < -0.39 is 5.79 Å². The summed E-state index contributed by atoms with van der Waals surface area (Å²) in [4.78, 5) is 23.8. The Kier molecular flexibility index (Phi) is 11.7. The largest absolute Gasteiger partial charge is 0.353 e. The lowest BCUT2D eigenvalue weighted by Crippen LogP contribution is -2.36. The van der Waals surface area contributed by atoms with E-state index in [0.29, 0.717) is 40.9 Å². The number of hydrogen-bond donors (Lipinski definition) is 2. The minimum Gasteiger partial charge on any atom is -0.353 e. The van der Waals surface area contributed by atoms with Crippen LogP contribution in [0.15, 0.2) is 0 Å². The molecule has 0 rings (SSSR count). The van der Waals surface area contributed by atoms with E-state index in [2.05, 4.69) is 10.6 Å². The van der Waals surface area contributed by atoms with Crippen molar-refractivity contribution in [3.63, 3.8) is 0 Å². The van der Waals surface area contributed by atoms with Crippen molar-refractivity contribution in [3.8, 4) is 0 Å². The van der Waals surface area contributed by atoms with Crippen LogP contribution < -0.4 is 10.6 Å². The molecule has 1 atom stereocenters. The Morgan fingerprint density at radius 2 is 1.60 bits per heavy atom. The molecule has 0 saturated carbocycles. The molecule has 0 aromatic carbocycles. The van der Waals surface area contributed by atoms with Crippen LogP contribution in [-0.2, 0) is 19.1 Å². The van der Waals surface area contributed by atoms with E-state index in [1.165, 1.54) is 0 Å². The fourth-order valence-electron chi connectivity index (χ4n) is 2.01. The minimum atomic E-state index is -0.664. The predicted molar refractivity (Wildman–Crippen MR) is 105 cm³/mol. The maximum absolute atomic E-state index is 12.0. The van der Waals surface area contributed by atoms with Gasteiger partial charge in [0.15, 0.2) is 5.79 Å². The van der Waals surface area contributed by atoms with Gasteiger partial charge in [-0.15, -0.1) is 8.58 Å². The second-order valence-electron chi connectivity index (χ2n) is 7.59. The molecule has 0 aromatic heterocycles. The maximum Gasteiger partial charge on any atom is 0.224 e. The van der Waals surface area contributed by atoms with Gasteiger partial charge in [0.05, 0.1) is 13.2 Å². The summed E-state index contributed by atoms with van der Waals surface area (Å²) in [6.07, 6.45) is 0.970. The van der Waals surface area contributed by atoms with Crippen LogP contribution in [0.5, 0.6) is 0 Å². The highest BCUT2D eigenvalue weighted by atomic mass is 31.1. The Labute approximate surface area is 155 Å². The van der Waals surface area contributed by atoms with Crippen LogP contribution in [0.4, 0.5) is 0 Å².